The van der Waals surface area contributed by atoms with Crippen molar-refractivity contribution < 1.29 is 14.0 Å². The smallest absolute Gasteiger partial charge is 0.271 e. The Balaban J connectivity index is 2.02. The molecule has 2 heterocycles. The number of nitrogens with zero attached hydrogens (tertiary/aromatic N) is 2. The molecule has 1 aliphatic heterocycles. The van der Waals surface area contributed by atoms with Crippen LogP contribution in [0.5, 0.6) is 0 Å². The third-order valence-electron chi connectivity index (χ3n) is 3.61. The van der Waals surface area contributed by atoms with E-state index in [-0.39, 0.29) is 18.3 Å². The number of carbonyl (C=O) groups excluding carboxylic acids is 2. The molecular formula is C15H13BrFN3O2. The number of benzene rings is 1. The molecule has 0 spiro atoms. The van der Waals surface area contributed by atoms with Gasteiger partial charge in [0.2, 0.25) is 5.91 Å². The number of aromatic nitrogens is 1. The van der Waals surface area contributed by atoms with E-state index in [0.29, 0.717) is 24.3 Å². The average Bonchev–Trinajstić information content (AvgIpc) is 2.80. The number of hydrogen-bond donors (Lipinski definition) is 1. The third-order valence-corrected chi connectivity index (χ3v) is 4.47. The van der Waals surface area contributed by atoms with Gasteiger partial charge in [-0.05, 0) is 39.7 Å². The lowest BCUT2D eigenvalue weighted by atomic mass is 10.1. The molecule has 0 saturated carbocycles. The number of hydrogen-bond acceptors (Lipinski definition) is 2. The molecule has 1 aliphatic rings. The SMILES string of the molecule is NC(=O)CN1CCn2c(cc(-c3cccc(F)c3)c2Br)C1=O. The molecule has 114 valence electrons. The van der Waals surface area contributed by atoms with Gasteiger partial charge in [-0.1, -0.05) is 12.1 Å². The summed E-state index contributed by atoms with van der Waals surface area (Å²) in [5.74, 6) is -1.14. The van der Waals surface area contributed by atoms with Crippen LogP contribution in [0, 0.1) is 5.82 Å². The molecule has 0 atom stereocenters. The maximum atomic E-state index is 13.4. The predicted molar refractivity (Wildman–Crippen MR) is 82.6 cm³/mol. The third kappa shape index (κ3) is 2.52. The number of nitrogens with two attached hydrogens (primary N) is 1. The summed E-state index contributed by atoms with van der Waals surface area (Å²) in [7, 11) is 0. The van der Waals surface area contributed by atoms with Crippen LogP contribution in [0.3, 0.4) is 0 Å². The van der Waals surface area contributed by atoms with Crippen molar-refractivity contribution in [1.29, 1.82) is 0 Å². The van der Waals surface area contributed by atoms with Gasteiger partial charge in [0.1, 0.15) is 11.5 Å². The maximum absolute atomic E-state index is 13.4. The molecule has 3 rings (SSSR count). The first-order valence-corrected chi connectivity index (χ1v) is 7.49. The first kappa shape index (κ1) is 14.8. The van der Waals surface area contributed by atoms with E-state index in [1.54, 1.807) is 18.2 Å². The first-order chi connectivity index (χ1) is 10.5. The van der Waals surface area contributed by atoms with E-state index in [1.165, 1.54) is 17.0 Å². The van der Waals surface area contributed by atoms with Crippen LogP contribution < -0.4 is 5.73 Å². The molecule has 1 aromatic carbocycles. The molecular weight excluding hydrogens is 353 g/mol. The van der Waals surface area contributed by atoms with Crippen LogP contribution in [0.1, 0.15) is 10.5 Å². The van der Waals surface area contributed by atoms with Crippen molar-refractivity contribution in [1.82, 2.24) is 9.47 Å². The second-order valence-electron chi connectivity index (χ2n) is 5.09. The highest BCUT2D eigenvalue weighted by atomic mass is 79.9. The van der Waals surface area contributed by atoms with Crippen LogP contribution in [0.4, 0.5) is 4.39 Å². The number of primary amides is 1. The number of rotatable bonds is 3. The molecule has 0 unspecified atom stereocenters. The number of halogens is 2. The van der Waals surface area contributed by atoms with Gasteiger partial charge in [-0.2, -0.15) is 0 Å². The van der Waals surface area contributed by atoms with E-state index >= 15 is 0 Å². The highest BCUT2D eigenvalue weighted by Gasteiger charge is 2.28. The fraction of sp³-hybridized carbons (Fsp3) is 0.200. The Kier molecular flexibility index (Phi) is 3.74. The standard InChI is InChI=1S/C15H13BrFN3O2/c16-14-11(9-2-1-3-10(17)6-9)7-12-15(22)19(8-13(18)21)4-5-20(12)14/h1-3,6-7H,4-5,8H2,(H2,18,21). The summed E-state index contributed by atoms with van der Waals surface area (Å²) in [6, 6.07) is 7.88. The van der Waals surface area contributed by atoms with Crippen molar-refractivity contribution in [3.8, 4) is 11.1 Å². The minimum absolute atomic E-state index is 0.100. The Labute approximate surface area is 134 Å². The Hall–Kier alpha value is -2.15. The minimum Gasteiger partial charge on any atom is -0.368 e. The lowest BCUT2D eigenvalue weighted by Gasteiger charge is -2.27. The van der Waals surface area contributed by atoms with E-state index in [2.05, 4.69) is 15.9 Å². The van der Waals surface area contributed by atoms with Gasteiger partial charge >= 0.3 is 0 Å². The molecule has 0 radical (unpaired) electrons. The van der Waals surface area contributed by atoms with Crippen molar-refractivity contribution in [2.45, 2.75) is 6.54 Å². The van der Waals surface area contributed by atoms with E-state index in [0.717, 1.165) is 10.2 Å². The maximum Gasteiger partial charge on any atom is 0.271 e. The summed E-state index contributed by atoms with van der Waals surface area (Å²) in [6.07, 6.45) is 0. The zero-order valence-corrected chi connectivity index (χ0v) is 13.1. The summed E-state index contributed by atoms with van der Waals surface area (Å²) < 4.78 is 15.9. The Morgan fingerprint density at radius 1 is 1.32 bits per heavy atom. The highest BCUT2D eigenvalue weighted by molar-refractivity contribution is 9.10. The number of carbonyl (C=O) groups is 2. The molecule has 2 amide bonds. The van der Waals surface area contributed by atoms with Gasteiger partial charge in [-0.15, -0.1) is 0 Å². The molecule has 5 nitrogen and oxygen atoms in total. The summed E-state index contributed by atoms with van der Waals surface area (Å²) in [4.78, 5) is 24.9. The van der Waals surface area contributed by atoms with Crippen LogP contribution in [-0.4, -0.2) is 34.4 Å². The predicted octanol–water partition coefficient (Wildman–Crippen LogP) is 2.00. The van der Waals surface area contributed by atoms with Gasteiger partial charge in [0, 0.05) is 18.7 Å². The van der Waals surface area contributed by atoms with Crippen LogP contribution in [0.25, 0.3) is 11.1 Å². The van der Waals surface area contributed by atoms with Crippen LogP contribution in [0.15, 0.2) is 34.9 Å². The lowest BCUT2D eigenvalue weighted by molar-refractivity contribution is -0.118. The largest absolute Gasteiger partial charge is 0.368 e. The fourth-order valence-electron chi connectivity index (χ4n) is 2.60. The zero-order chi connectivity index (χ0) is 15.9. The topological polar surface area (TPSA) is 68.3 Å². The van der Waals surface area contributed by atoms with Gasteiger partial charge in [0.15, 0.2) is 0 Å². The van der Waals surface area contributed by atoms with Crippen molar-refractivity contribution in [3.05, 3.63) is 46.4 Å². The minimum atomic E-state index is -0.544. The molecule has 2 aromatic rings. The summed E-state index contributed by atoms with van der Waals surface area (Å²) in [5.41, 5.74) is 7.04. The molecule has 0 saturated heterocycles. The van der Waals surface area contributed by atoms with Crippen LogP contribution in [0.2, 0.25) is 0 Å². The number of fused-ring (bicyclic) bond motifs is 1. The number of amides is 2. The highest BCUT2D eigenvalue weighted by Crippen LogP contribution is 2.34. The molecule has 0 bridgehead atoms. The summed E-state index contributed by atoms with van der Waals surface area (Å²) in [6.45, 7) is 0.853. The summed E-state index contributed by atoms with van der Waals surface area (Å²) >= 11 is 3.47. The summed E-state index contributed by atoms with van der Waals surface area (Å²) in [5, 5.41) is 0. The normalized spacial score (nSPS) is 14.1. The Morgan fingerprint density at radius 2 is 2.09 bits per heavy atom. The molecule has 0 aliphatic carbocycles. The van der Waals surface area contributed by atoms with Crippen LogP contribution in [-0.2, 0) is 11.3 Å². The van der Waals surface area contributed by atoms with Crippen molar-refractivity contribution in [3.63, 3.8) is 0 Å². The van der Waals surface area contributed by atoms with Gasteiger partial charge < -0.3 is 15.2 Å². The molecule has 22 heavy (non-hydrogen) atoms. The second-order valence-corrected chi connectivity index (χ2v) is 5.84. The monoisotopic (exact) mass is 365 g/mol. The van der Waals surface area contributed by atoms with Crippen molar-refractivity contribution >= 4 is 27.7 Å². The van der Waals surface area contributed by atoms with E-state index in [9.17, 15) is 14.0 Å². The van der Waals surface area contributed by atoms with Crippen molar-refractivity contribution in [2.24, 2.45) is 5.73 Å². The molecule has 1 aromatic heterocycles. The first-order valence-electron chi connectivity index (χ1n) is 6.70. The van der Waals surface area contributed by atoms with E-state index < -0.39 is 5.91 Å². The quantitative estimate of drug-likeness (QED) is 0.903. The Bertz CT molecular complexity index is 772. The zero-order valence-electron chi connectivity index (χ0n) is 11.6. The van der Waals surface area contributed by atoms with Gasteiger partial charge in [-0.3, -0.25) is 9.59 Å². The lowest BCUT2D eigenvalue weighted by Crippen LogP contribution is -2.44. The van der Waals surface area contributed by atoms with Crippen molar-refractivity contribution in [2.75, 3.05) is 13.1 Å². The van der Waals surface area contributed by atoms with E-state index in [4.69, 9.17) is 5.73 Å². The second kappa shape index (κ2) is 5.57. The van der Waals surface area contributed by atoms with Gasteiger partial charge in [0.25, 0.3) is 5.91 Å². The molecule has 2 N–H and O–H groups in total. The molecule has 7 heteroatoms. The van der Waals surface area contributed by atoms with Gasteiger partial charge in [-0.25, -0.2) is 4.39 Å². The molecule has 0 fully saturated rings. The fourth-order valence-corrected chi connectivity index (χ4v) is 3.31. The Morgan fingerprint density at radius 3 is 2.77 bits per heavy atom. The van der Waals surface area contributed by atoms with Crippen LogP contribution >= 0.6 is 15.9 Å². The van der Waals surface area contributed by atoms with Gasteiger partial charge in [0.05, 0.1) is 11.1 Å². The average molecular weight is 366 g/mol. The van der Waals surface area contributed by atoms with E-state index in [1.807, 2.05) is 4.57 Å².